The Balaban J connectivity index is 1.43. The van der Waals surface area contributed by atoms with E-state index in [9.17, 15) is 4.79 Å². The first-order valence-electron chi connectivity index (χ1n) is 8.76. The fourth-order valence-electron chi connectivity index (χ4n) is 2.91. The molecule has 0 aliphatic carbocycles. The molecule has 0 spiro atoms. The molecule has 1 fully saturated rings. The lowest BCUT2D eigenvalue weighted by atomic mass is 9.98. The first-order valence-corrected chi connectivity index (χ1v) is 9.63. The van der Waals surface area contributed by atoms with Crippen molar-refractivity contribution in [2.75, 3.05) is 26.3 Å². The van der Waals surface area contributed by atoms with Gasteiger partial charge in [-0.1, -0.05) is 37.3 Å². The van der Waals surface area contributed by atoms with Gasteiger partial charge in [-0.25, -0.2) is 4.98 Å². The van der Waals surface area contributed by atoms with Crippen molar-refractivity contribution in [3.05, 3.63) is 52.0 Å². The summed E-state index contributed by atoms with van der Waals surface area (Å²) in [4.78, 5) is 19.2. The highest BCUT2D eigenvalue weighted by molar-refractivity contribution is 7.09. The van der Waals surface area contributed by atoms with Crippen molar-refractivity contribution in [1.82, 2.24) is 15.2 Å². The zero-order valence-electron chi connectivity index (χ0n) is 14.6. The van der Waals surface area contributed by atoms with Crippen LogP contribution in [0, 0.1) is 0 Å². The number of ether oxygens (including phenoxy) is 1. The molecule has 1 atom stereocenters. The zero-order valence-corrected chi connectivity index (χ0v) is 15.4. The van der Waals surface area contributed by atoms with Crippen LogP contribution < -0.4 is 5.32 Å². The van der Waals surface area contributed by atoms with Crippen molar-refractivity contribution in [1.29, 1.82) is 0 Å². The molecule has 2 heterocycles. The summed E-state index contributed by atoms with van der Waals surface area (Å²) in [5, 5.41) is 6.04. The number of nitrogens with one attached hydrogen (secondary N) is 1. The molecule has 3 rings (SSSR count). The van der Waals surface area contributed by atoms with E-state index in [2.05, 4.69) is 39.6 Å². The molecule has 1 aromatic carbocycles. The quantitative estimate of drug-likeness (QED) is 0.826. The van der Waals surface area contributed by atoms with Gasteiger partial charge in [0, 0.05) is 31.4 Å². The normalized spacial score (nSPS) is 16.5. The number of morpholine rings is 1. The molecular formula is C19H25N3O2S. The Bertz CT molecular complexity index is 668. The monoisotopic (exact) mass is 359 g/mol. The number of aromatic nitrogens is 1. The highest BCUT2D eigenvalue weighted by atomic mass is 32.1. The highest BCUT2D eigenvalue weighted by Gasteiger charge is 2.14. The molecule has 1 aromatic heterocycles. The Labute approximate surface area is 153 Å². The smallest absolute Gasteiger partial charge is 0.220 e. The van der Waals surface area contributed by atoms with Gasteiger partial charge in [-0.05, 0) is 11.5 Å². The molecular weight excluding hydrogens is 334 g/mol. The Hall–Kier alpha value is -1.76. The number of carbonyl (C=O) groups excluding carboxylic acids is 1. The van der Waals surface area contributed by atoms with Crippen molar-refractivity contribution < 1.29 is 9.53 Å². The first kappa shape index (κ1) is 18.0. The van der Waals surface area contributed by atoms with Crippen LogP contribution in [0.1, 0.15) is 35.5 Å². The summed E-state index contributed by atoms with van der Waals surface area (Å²) in [6.45, 7) is 6.97. The van der Waals surface area contributed by atoms with Crippen LogP contribution in [-0.4, -0.2) is 42.1 Å². The minimum Gasteiger partial charge on any atom is -0.379 e. The summed E-state index contributed by atoms with van der Waals surface area (Å²) in [5.41, 5.74) is 2.27. The van der Waals surface area contributed by atoms with Crippen LogP contribution in [0.5, 0.6) is 0 Å². The van der Waals surface area contributed by atoms with Crippen molar-refractivity contribution in [2.24, 2.45) is 0 Å². The molecule has 0 bridgehead atoms. The molecule has 1 amide bonds. The van der Waals surface area contributed by atoms with E-state index in [-0.39, 0.29) is 11.8 Å². The summed E-state index contributed by atoms with van der Waals surface area (Å²) in [6, 6.07) is 10.1. The van der Waals surface area contributed by atoms with Gasteiger partial charge in [0.25, 0.3) is 0 Å². The Morgan fingerprint density at radius 2 is 2.08 bits per heavy atom. The van der Waals surface area contributed by atoms with E-state index in [0.29, 0.717) is 13.0 Å². The van der Waals surface area contributed by atoms with Crippen LogP contribution in [-0.2, 0) is 22.6 Å². The van der Waals surface area contributed by atoms with Gasteiger partial charge in [0.05, 0.1) is 25.5 Å². The number of benzene rings is 1. The van der Waals surface area contributed by atoms with E-state index in [1.54, 1.807) is 11.3 Å². The minimum atomic E-state index is 0.0706. The first-order chi connectivity index (χ1) is 12.2. The Morgan fingerprint density at radius 3 is 2.84 bits per heavy atom. The SMILES string of the molecule is CC(CC(=O)NCc1nc(CN2CCOCC2)cs1)c1ccccc1. The molecule has 2 aromatic rings. The van der Waals surface area contributed by atoms with Crippen LogP contribution in [0.25, 0.3) is 0 Å². The summed E-state index contributed by atoms with van der Waals surface area (Å²) in [5.74, 6) is 0.288. The summed E-state index contributed by atoms with van der Waals surface area (Å²) < 4.78 is 5.36. The van der Waals surface area contributed by atoms with Gasteiger partial charge in [-0.15, -0.1) is 11.3 Å². The van der Waals surface area contributed by atoms with E-state index in [1.165, 1.54) is 5.56 Å². The maximum absolute atomic E-state index is 12.2. The van der Waals surface area contributed by atoms with Crippen molar-refractivity contribution in [2.45, 2.75) is 32.4 Å². The molecule has 6 heteroatoms. The van der Waals surface area contributed by atoms with E-state index in [1.807, 2.05) is 18.2 Å². The second kappa shape index (κ2) is 9.08. The van der Waals surface area contributed by atoms with Gasteiger partial charge < -0.3 is 10.1 Å². The fraction of sp³-hybridized carbons (Fsp3) is 0.474. The van der Waals surface area contributed by atoms with E-state index < -0.39 is 0 Å². The van der Waals surface area contributed by atoms with Crippen molar-refractivity contribution >= 4 is 17.2 Å². The van der Waals surface area contributed by atoms with Gasteiger partial charge in [-0.2, -0.15) is 0 Å². The third-order valence-corrected chi connectivity index (χ3v) is 5.28. The van der Waals surface area contributed by atoms with Crippen LogP contribution in [0.2, 0.25) is 0 Å². The van der Waals surface area contributed by atoms with Crippen molar-refractivity contribution in [3.8, 4) is 0 Å². The minimum absolute atomic E-state index is 0.0706. The molecule has 134 valence electrons. The van der Waals surface area contributed by atoms with Crippen LogP contribution in [0.4, 0.5) is 0 Å². The third kappa shape index (κ3) is 5.63. The third-order valence-electron chi connectivity index (χ3n) is 4.39. The maximum Gasteiger partial charge on any atom is 0.220 e. The van der Waals surface area contributed by atoms with E-state index >= 15 is 0 Å². The Kier molecular flexibility index (Phi) is 6.55. The van der Waals surface area contributed by atoms with E-state index in [4.69, 9.17) is 4.74 Å². The zero-order chi connectivity index (χ0) is 17.5. The van der Waals surface area contributed by atoms with Crippen LogP contribution >= 0.6 is 11.3 Å². The summed E-state index contributed by atoms with van der Waals surface area (Å²) in [6.07, 6.45) is 0.496. The molecule has 25 heavy (non-hydrogen) atoms. The van der Waals surface area contributed by atoms with Crippen LogP contribution in [0.3, 0.4) is 0 Å². The van der Waals surface area contributed by atoms with Gasteiger partial charge in [0.15, 0.2) is 0 Å². The number of thiazole rings is 1. The average Bonchev–Trinajstić information content (AvgIpc) is 3.09. The van der Waals surface area contributed by atoms with Gasteiger partial charge >= 0.3 is 0 Å². The van der Waals surface area contributed by atoms with Gasteiger partial charge in [0.2, 0.25) is 5.91 Å². The maximum atomic E-state index is 12.2. The molecule has 1 unspecified atom stereocenters. The lowest BCUT2D eigenvalue weighted by Crippen LogP contribution is -2.35. The van der Waals surface area contributed by atoms with Crippen LogP contribution in [0.15, 0.2) is 35.7 Å². The largest absolute Gasteiger partial charge is 0.379 e. The molecule has 5 nitrogen and oxygen atoms in total. The number of carbonyl (C=O) groups is 1. The number of nitrogens with zero attached hydrogens (tertiary/aromatic N) is 2. The summed E-state index contributed by atoms with van der Waals surface area (Å²) >= 11 is 1.61. The van der Waals surface area contributed by atoms with Crippen molar-refractivity contribution in [3.63, 3.8) is 0 Å². The second-order valence-corrected chi connectivity index (χ2v) is 7.36. The average molecular weight is 359 g/mol. The predicted molar refractivity (Wildman–Crippen MR) is 99.5 cm³/mol. The lowest BCUT2D eigenvalue weighted by Gasteiger charge is -2.25. The summed E-state index contributed by atoms with van der Waals surface area (Å²) in [7, 11) is 0. The number of rotatable bonds is 7. The number of hydrogen-bond donors (Lipinski definition) is 1. The van der Waals surface area contributed by atoms with E-state index in [0.717, 1.165) is 43.5 Å². The predicted octanol–water partition coefficient (Wildman–Crippen LogP) is 2.79. The second-order valence-electron chi connectivity index (χ2n) is 6.41. The number of hydrogen-bond acceptors (Lipinski definition) is 5. The highest BCUT2D eigenvalue weighted by Crippen LogP contribution is 2.18. The molecule has 1 aliphatic rings. The fourth-order valence-corrected chi connectivity index (χ4v) is 3.64. The molecule has 1 aliphatic heterocycles. The Morgan fingerprint density at radius 1 is 1.32 bits per heavy atom. The molecule has 0 radical (unpaired) electrons. The molecule has 0 saturated carbocycles. The van der Waals surface area contributed by atoms with Gasteiger partial charge in [-0.3, -0.25) is 9.69 Å². The lowest BCUT2D eigenvalue weighted by molar-refractivity contribution is -0.121. The number of amides is 1. The standard InChI is InChI=1S/C19H25N3O2S/c1-15(16-5-3-2-4-6-16)11-18(23)20-12-19-21-17(14-25-19)13-22-7-9-24-10-8-22/h2-6,14-15H,7-13H2,1H3,(H,20,23). The van der Waals surface area contributed by atoms with Gasteiger partial charge in [0.1, 0.15) is 5.01 Å². The molecule has 1 N–H and O–H groups in total. The molecule has 1 saturated heterocycles. The topological polar surface area (TPSA) is 54.5 Å².